The van der Waals surface area contributed by atoms with Gasteiger partial charge in [0.15, 0.2) is 5.82 Å². The highest BCUT2D eigenvalue weighted by Crippen LogP contribution is 2.29. The number of nitrogens with zero attached hydrogens (tertiary/aromatic N) is 5. The molecule has 29 heavy (non-hydrogen) atoms. The average molecular weight is 398 g/mol. The van der Waals surface area contributed by atoms with Crippen LogP contribution in [0, 0.1) is 0 Å². The average Bonchev–Trinajstić information content (AvgIpc) is 3.35. The van der Waals surface area contributed by atoms with E-state index in [1.807, 2.05) is 18.3 Å². The first kappa shape index (κ1) is 19.5. The van der Waals surface area contributed by atoms with Crippen molar-refractivity contribution in [3.63, 3.8) is 0 Å². The molecule has 0 bridgehead atoms. The first-order valence-electron chi connectivity index (χ1n) is 9.85. The van der Waals surface area contributed by atoms with E-state index in [0.29, 0.717) is 11.9 Å². The van der Waals surface area contributed by atoms with Gasteiger partial charge in [-0.1, -0.05) is 11.2 Å². The second kappa shape index (κ2) is 8.71. The van der Waals surface area contributed by atoms with E-state index >= 15 is 0 Å². The molecule has 1 N–H and O–H groups in total. The molecule has 0 spiro atoms. The van der Waals surface area contributed by atoms with Crippen molar-refractivity contribution in [3.05, 3.63) is 30.2 Å². The molecule has 5 rings (SSSR count). The number of likely N-dealkylation sites (tertiary alicyclic amines) is 1. The molecule has 1 aromatic carbocycles. The van der Waals surface area contributed by atoms with Gasteiger partial charge in [0.05, 0.1) is 17.8 Å². The molecule has 0 atom stereocenters. The molecule has 1 amide bonds. The van der Waals surface area contributed by atoms with Crippen LogP contribution in [0.25, 0.3) is 22.4 Å². The molecule has 2 fully saturated rings. The molecule has 2 aliphatic rings. The van der Waals surface area contributed by atoms with E-state index in [0.717, 1.165) is 67.7 Å². The molecule has 2 aliphatic heterocycles. The number of hydrogen-bond acceptors (Lipinski definition) is 7. The number of methoxy groups -OCH3 is 1. The maximum atomic E-state index is 10.8. The highest BCUT2D eigenvalue weighted by Gasteiger charge is 2.25. The van der Waals surface area contributed by atoms with Gasteiger partial charge in [-0.25, -0.2) is 0 Å². The van der Waals surface area contributed by atoms with Crippen LogP contribution < -0.4 is 5.32 Å². The van der Waals surface area contributed by atoms with Crippen molar-refractivity contribution in [2.24, 2.45) is 0 Å². The Kier molecular flexibility index (Phi) is 5.86. The van der Waals surface area contributed by atoms with Crippen molar-refractivity contribution in [1.82, 2.24) is 30.1 Å². The Morgan fingerprint density at radius 3 is 2.66 bits per heavy atom. The van der Waals surface area contributed by atoms with Crippen molar-refractivity contribution in [3.8, 4) is 11.5 Å². The van der Waals surface area contributed by atoms with Crippen molar-refractivity contribution in [2.45, 2.75) is 24.8 Å². The van der Waals surface area contributed by atoms with Crippen molar-refractivity contribution in [2.75, 3.05) is 40.4 Å². The zero-order valence-electron chi connectivity index (χ0n) is 16.7. The Labute approximate surface area is 169 Å². The lowest BCUT2D eigenvalue weighted by Gasteiger charge is -2.28. The number of carbonyl (C=O) groups is 1. The summed E-state index contributed by atoms with van der Waals surface area (Å²) in [6.07, 6.45) is 4.56. The summed E-state index contributed by atoms with van der Waals surface area (Å²) in [6, 6.07) is 6.53. The summed E-state index contributed by atoms with van der Waals surface area (Å²) in [4.78, 5) is 17.3. The molecule has 3 aromatic rings. The summed E-state index contributed by atoms with van der Waals surface area (Å²) >= 11 is 0. The second-order valence-electron chi connectivity index (χ2n) is 7.46. The largest absolute Gasteiger partial charge is 0.388 e. The van der Waals surface area contributed by atoms with E-state index in [1.54, 1.807) is 19.1 Å². The predicted molar refractivity (Wildman–Crippen MR) is 107 cm³/mol. The van der Waals surface area contributed by atoms with Crippen molar-refractivity contribution >= 4 is 17.3 Å². The molecule has 0 unspecified atom stereocenters. The Hall–Kier alpha value is -2.78. The van der Waals surface area contributed by atoms with E-state index < -0.39 is 0 Å². The third kappa shape index (κ3) is 4.01. The first-order valence-corrected chi connectivity index (χ1v) is 9.85. The monoisotopic (exact) mass is 398 g/mol. The lowest BCUT2D eigenvalue weighted by molar-refractivity contribution is -0.119. The number of nitrogens with one attached hydrogen (secondary N) is 1. The second-order valence-corrected chi connectivity index (χ2v) is 7.46. The Morgan fingerprint density at radius 1 is 1.24 bits per heavy atom. The fourth-order valence-corrected chi connectivity index (χ4v) is 3.69. The number of rotatable bonds is 4. The molecule has 0 saturated carbocycles. The number of ether oxygens (including phenoxy) is 1. The van der Waals surface area contributed by atoms with Gasteiger partial charge in [0.25, 0.3) is 5.89 Å². The van der Waals surface area contributed by atoms with Crippen molar-refractivity contribution < 1.29 is 14.1 Å². The Bertz CT molecular complexity index is 956. The first-order chi connectivity index (χ1) is 14.2. The fraction of sp³-hybridized carbons (Fsp3) is 0.500. The maximum Gasteiger partial charge on any atom is 0.258 e. The van der Waals surface area contributed by atoms with Crippen LogP contribution in [0.2, 0.25) is 0 Å². The fourth-order valence-electron chi connectivity index (χ4n) is 3.69. The minimum Gasteiger partial charge on any atom is -0.388 e. The SMILES string of the molecule is COC.O=CN1CCC(c2noc(-c3ccc4cnn(C5CNC5)c4c3)n2)CC1. The van der Waals surface area contributed by atoms with E-state index in [4.69, 9.17) is 4.52 Å². The van der Waals surface area contributed by atoms with Crippen LogP contribution in [-0.2, 0) is 9.53 Å². The van der Waals surface area contributed by atoms with Crippen LogP contribution in [-0.4, -0.2) is 71.6 Å². The highest BCUT2D eigenvalue weighted by atomic mass is 16.5. The highest BCUT2D eigenvalue weighted by molar-refractivity contribution is 5.83. The topological polar surface area (TPSA) is 98.3 Å². The molecule has 2 saturated heterocycles. The summed E-state index contributed by atoms with van der Waals surface area (Å²) in [5, 5.41) is 13.1. The van der Waals surface area contributed by atoms with E-state index in [2.05, 4.69) is 36.0 Å². The van der Waals surface area contributed by atoms with Gasteiger partial charge < -0.3 is 19.5 Å². The molecule has 9 heteroatoms. The molecule has 2 aromatic heterocycles. The van der Waals surface area contributed by atoms with E-state index in [9.17, 15) is 4.79 Å². The van der Waals surface area contributed by atoms with Crippen LogP contribution in [0.4, 0.5) is 0 Å². The quantitative estimate of drug-likeness (QED) is 0.670. The summed E-state index contributed by atoms with van der Waals surface area (Å²) < 4.78 is 11.9. The molecule has 0 radical (unpaired) electrons. The summed E-state index contributed by atoms with van der Waals surface area (Å²) in [5.74, 6) is 1.53. The smallest absolute Gasteiger partial charge is 0.258 e. The van der Waals surface area contributed by atoms with Crippen LogP contribution >= 0.6 is 0 Å². The standard InChI is InChI=1S/C18H20N6O2.C2H6O/c25-11-23-5-3-12(4-6-23)17-21-18(26-22-17)13-1-2-14-8-20-24(16(14)7-13)15-9-19-10-15;1-3-2/h1-2,7-8,11-12,15,19H,3-6,9-10H2;1-2H3. The Morgan fingerprint density at radius 2 is 2.00 bits per heavy atom. The minimum absolute atomic E-state index is 0.249. The molecular formula is C20H26N6O3. The van der Waals surface area contributed by atoms with E-state index in [-0.39, 0.29) is 5.92 Å². The van der Waals surface area contributed by atoms with Gasteiger partial charge in [-0.15, -0.1) is 0 Å². The molecule has 154 valence electrons. The minimum atomic E-state index is 0.249. The molecule has 4 heterocycles. The van der Waals surface area contributed by atoms with Crippen LogP contribution in [0.3, 0.4) is 0 Å². The number of amides is 1. The lowest BCUT2D eigenvalue weighted by atomic mass is 9.96. The lowest BCUT2D eigenvalue weighted by Crippen LogP contribution is -2.43. The zero-order valence-corrected chi connectivity index (χ0v) is 16.7. The zero-order chi connectivity index (χ0) is 20.2. The molecule has 0 aliphatic carbocycles. The Balaban J connectivity index is 0.000000645. The van der Waals surface area contributed by atoms with Gasteiger partial charge in [0.2, 0.25) is 6.41 Å². The van der Waals surface area contributed by atoms with Gasteiger partial charge in [-0.05, 0) is 25.0 Å². The third-order valence-electron chi connectivity index (χ3n) is 5.44. The van der Waals surface area contributed by atoms with Gasteiger partial charge in [0, 0.05) is 57.3 Å². The summed E-state index contributed by atoms with van der Waals surface area (Å²) in [6.45, 7) is 3.40. The maximum absolute atomic E-state index is 10.8. The van der Waals surface area contributed by atoms with Gasteiger partial charge >= 0.3 is 0 Å². The number of carbonyl (C=O) groups excluding carboxylic acids is 1. The van der Waals surface area contributed by atoms with Crippen LogP contribution in [0.1, 0.15) is 30.6 Å². The number of benzene rings is 1. The summed E-state index contributed by atoms with van der Waals surface area (Å²) in [7, 11) is 3.25. The number of aromatic nitrogens is 4. The number of fused-ring (bicyclic) bond motifs is 1. The number of piperidine rings is 1. The summed E-state index contributed by atoms with van der Waals surface area (Å²) in [5.41, 5.74) is 2.00. The normalized spacial score (nSPS) is 17.7. The molecular weight excluding hydrogens is 372 g/mol. The van der Waals surface area contributed by atoms with E-state index in [1.165, 1.54) is 0 Å². The third-order valence-corrected chi connectivity index (χ3v) is 5.44. The predicted octanol–water partition coefficient (Wildman–Crippen LogP) is 1.83. The van der Waals surface area contributed by atoms with Gasteiger partial charge in [-0.3, -0.25) is 9.48 Å². The van der Waals surface area contributed by atoms with Crippen LogP contribution in [0.5, 0.6) is 0 Å². The number of hydrogen-bond donors (Lipinski definition) is 1. The van der Waals surface area contributed by atoms with Crippen LogP contribution in [0.15, 0.2) is 28.9 Å². The van der Waals surface area contributed by atoms with Gasteiger partial charge in [-0.2, -0.15) is 10.1 Å². The van der Waals surface area contributed by atoms with Crippen molar-refractivity contribution in [1.29, 1.82) is 0 Å². The van der Waals surface area contributed by atoms with Gasteiger partial charge in [0.1, 0.15) is 0 Å². The molecule has 9 nitrogen and oxygen atoms in total.